The number of benzene rings is 2. The maximum Gasteiger partial charge on any atom is 0.252 e. The van der Waals surface area contributed by atoms with Crippen LogP contribution < -0.4 is 11.1 Å². The molecule has 0 amide bonds. The molecule has 8 rings (SSSR count). The Labute approximate surface area is 224 Å². The second-order valence-electron chi connectivity index (χ2n) is 10.1. The van der Waals surface area contributed by atoms with Gasteiger partial charge >= 0.3 is 0 Å². The summed E-state index contributed by atoms with van der Waals surface area (Å²) in [6.45, 7) is 0. The summed E-state index contributed by atoms with van der Waals surface area (Å²) in [5, 5.41) is 13.0. The molecule has 11 heteroatoms. The zero-order valence-corrected chi connectivity index (χ0v) is 21.0. The second kappa shape index (κ2) is 8.08. The van der Waals surface area contributed by atoms with Gasteiger partial charge in [-0.3, -0.25) is 9.59 Å². The zero-order valence-electron chi connectivity index (χ0n) is 20.2. The van der Waals surface area contributed by atoms with Crippen molar-refractivity contribution in [2.24, 2.45) is 5.92 Å². The van der Waals surface area contributed by atoms with Gasteiger partial charge in [-0.05, 0) is 76.2 Å². The van der Waals surface area contributed by atoms with Crippen molar-refractivity contribution in [2.75, 3.05) is 0 Å². The Kier molecular flexibility index (Phi) is 4.60. The van der Waals surface area contributed by atoms with Crippen molar-refractivity contribution in [3.63, 3.8) is 0 Å². The van der Waals surface area contributed by atoms with E-state index in [2.05, 4.69) is 31.6 Å². The molecule has 10 nitrogen and oxygen atoms in total. The third-order valence-electron chi connectivity index (χ3n) is 7.78. The first-order chi connectivity index (χ1) is 19.0. The number of H-pyrrole nitrogens is 2. The van der Waals surface area contributed by atoms with E-state index in [4.69, 9.17) is 16.6 Å². The number of hydrogen-bond donors (Lipinski definition) is 2. The van der Waals surface area contributed by atoms with Gasteiger partial charge in [0.05, 0.1) is 23.6 Å². The highest BCUT2D eigenvalue weighted by atomic mass is 35.5. The molecular weight excluding hydrogens is 516 g/mol. The highest BCUT2D eigenvalue weighted by molar-refractivity contribution is 6.31. The van der Waals surface area contributed by atoms with Crippen molar-refractivity contribution in [3.8, 4) is 28.1 Å². The topological polar surface area (TPSA) is 127 Å². The summed E-state index contributed by atoms with van der Waals surface area (Å²) in [5.74, 6) is 1.38. The molecule has 2 aromatic carbocycles. The number of aromatic amines is 2. The largest absolute Gasteiger partial charge is 0.340 e. The predicted octanol–water partition coefficient (Wildman–Crippen LogP) is 4.08. The molecule has 1 aliphatic heterocycles. The molecule has 0 saturated heterocycles. The lowest BCUT2D eigenvalue weighted by molar-refractivity contribution is 0.515. The highest BCUT2D eigenvalue weighted by Crippen LogP contribution is 2.60. The van der Waals surface area contributed by atoms with E-state index in [-0.39, 0.29) is 17.2 Å². The summed E-state index contributed by atoms with van der Waals surface area (Å²) < 4.78 is 3.44. The molecule has 190 valence electrons. The third-order valence-corrected chi connectivity index (χ3v) is 8.01. The molecule has 1 saturated carbocycles. The normalized spacial score (nSPS) is 19.3. The number of nitrogens with zero attached hydrogens (tertiary/aromatic N) is 6. The molecule has 0 spiro atoms. The Balaban J connectivity index is 1.19. The van der Waals surface area contributed by atoms with Gasteiger partial charge in [0.25, 0.3) is 5.56 Å². The van der Waals surface area contributed by atoms with E-state index in [1.807, 2.05) is 34.9 Å². The van der Waals surface area contributed by atoms with Gasteiger partial charge in [-0.2, -0.15) is 4.68 Å². The first kappa shape index (κ1) is 22.2. The number of fused-ring (bicyclic) bond motifs is 4. The Morgan fingerprint density at radius 2 is 1.87 bits per heavy atom. The van der Waals surface area contributed by atoms with E-state index in [0.29, 0.717) is 16.9 Å². The number of halogens is 1. The number of imidazole rings is 1. The number of pyridine rings is 2. The van der Waals surface area contributed by atoms with E-state index in [1.165, 1.54) is 12.4 Å². The van der Waals surface area contributed by atoms with E-state index in [9.17, 15) is 9.59 Å². The summed E-state index contributed by atoms with van der Waals surface area (Å²) in [5.41, 5.74) is 5.68. The average Bonchev–Trinajstić information content (AvgIpc) is 3.28. The minimum absolute atomic E-state index is 0.0880. The van der Waals surface area contributed by atoms with Crippen LogP contribution >= 0.6 is 11.6 Å². The number of nitrogens with one attached hydrogen (secondary N) is 2. The van der Waals surface area contributed by atoms with Crippen LogP contribution in [-0.4, -0.2) is 39.7 Å². The van der Waals surface area contributed by atoms with Gasteiger partial charge in [-0.25, -0.2) is 4.98 Å². The minimum atomic E-state index is -0.157. The van der Waals surface area contributed by atoms with Crippen LogP contribution in [0.25, 0.3) is 39.0 Å². The van der Waals surface area contributed by atoms with Crippen molar-refractivity contribution in [1.29, 1.82) is 0 Å². The molecule has 1 fully saturated rings. The van der Waals surface area contributed by atoms with Gasteiger partial charge < -0.3 is 14.5 Å². The van der Waals surface area contributed by atoms with Crippen LogP contribution in [0.5, 0.6) is 0 Å². The van der Waals surface area contributed by atoms with Gasteiger partial charge in [0.1, 0.15) is 12.2 Å². The molecule has 1 aliphatic carbocycles. The number of rotatable bonds is 4. The van der Waals surface area contributed by atoms with Gasteiger partial charge in [0.15, 0.2) is 0 Å². The predicted molar refractivity (Wildman–Crippen MR) is 145 cm³/mol. The van der Waals surface area contributed by atoms with Crippen LogP contribution in [-0.2, 0) is 0 Å². The molecule has 0 bridgehead atoms. The second-order valence-corrected chi connectivity index (χ2v) is 10.5. The van der Waals surface area contributed by atoms with Crippen LogP contribution in [0.15, 0.2) is 82.8 Å². The van der Waals surface area contributed by atoms with E-state index in [0.717, 1.165) is 56.9 Å². The molecule has 39 heavy (non-hydrogen) atoms. The molecular formula is C28H19ClN8O2. The van der Waals surface area contributed by atoms with Crippen molar-refractivity contribution >= 4 is 22.5 Å². The first-order valence-electron chi connectivity index (χ1n) is 12.5. The summed E-state index contributed by atoms with van der Waals surface area (Å²) >= 11 is 6.34. The molecule has 0 radical (unpaired) electrons. The lowest BCUT2D eigenvalue weighted by atomic mass is 10.0. The van der Waals surface area contributed by atoms with Gasteiger partial charge in [-0.15, -0.1) is 5.10 Å². The number of aromatic nitrogens is 8. The molecule has 6 aromatic rings. The van der Waals surface area contributed by atoms with Crippen molar-refractivity contribution in [1.82, 2.24) is 39.7 Å². The maximum absolute atomic E-state index is 13.6. The van der Waals surface area contributed by atoms with Crippen LogP contribution in [0.3, 0.4) is 0 Å². The van der Waals surface area contributed by atoms with Gasteiger partial charge in [0.2, 0.25) is 5.56 Å². The standard InChI is InChI=1S/C28H19ClN8O2/c29-17-3-5-23(36-13-31-34-35-36)18(10-17)16-8-24-19-11-20(19)27(37(24)26(39)9-16)28-30-12-22(33-28)15-1-4-21-14(7-15)2-6-25(38)32-21/h1-10,12-13,19-20,27H,11H2,(H,30,33)(H,32,38). The van der Waals surface area contributed by atoms with Crippen LogP contribution in [0, 0.1) is 5.92 Å². The lowest BCUT2D eigenvalue weighted by Gasteiger charge is -2.18. The van der Waals surface area contributed by atoms with Crippen molar-refractivity contribution < 1.29 is 0 Å². The maximum atomic E-state index is 13.6. The van der Waals surface area contributed by atoms with E-state index in [1.54, 1.807) is 29.1 Å². The Bertz CT molecular complexity index is 2040. The summed E-state index contributed by atoms with van der Waals surface area (Å²) in [6, 6.07) is 18.2. The average molecular weight is 535 g/mol. The van der Waals surface area contributed by atoms with Gasteiger partial charge in [0, 0.05) is 45.4 Å². The molecule has 3 atom stereocenters. The van der Waals surface area contributed by atoms with Crippen LogP contribution in [0.2, 0.25) is 5.02 Å². The fourth-order valence-corrected chi connectivity index (χ4v) is 6.10. The lowest BCUT2D eigenvalue weighted by Crippen LogP contribution is -2.26. The smallest absolute Gasteiger partial charge is 0.252 e. The number of hydrogen-bond acceptors (Lipinski definition) is 6. The Hall–Kier alpha value is -4.83. The Morgan fingerprint density at radius 1 is 0.949 bits per heavy atom. The highest BCUT2D eigenvalue weighted by Gasteiger charge is 2.54. The summed E-state index contributed by atoms with van der Waals surface area (Å²) in [6.07, 6.45) is 4.33. The quantitative estimate of drug-likeness (QED) is 0.351. The fourth-order valence-electron chi connectivity index (χ4n) is 5.93. The van der Waals surface area contributed by atoms with E-state index < -0.39 is 0 Å². The molecule has 2 N–H and O–H groups in total. The molecule has 4 aromatic heterocycles. The fraction of sp³-hybridized carbons (Fsp3) is 0.143. The van der Waals surface area contributed by atoms with Crippen molar-refractivity contribution in [2.45, 2.75) is 18.4 Å². The summed E-state index contributed by atoms with van der Waals surface area (Å²) in [4.78, 5) is 36.2. The van der Waals surface area contributed by atoms with Crippen LogP contribution in [0.1, 0.15) is 29.9 Å². The zero-order chi connectivity index (χ0) is 26.2. The molecule has 3 unspecified atom stereocenters. The summed E-state index contributed by atoms with van der Waals surface area (Å²) in [7, 11) is 0. The Morgan fingerprint density at radius 3 is 2.74 bits per heavy atom. The molecule has 2 aliphatic rings. The van der Waals surface area contributed by atoms with Crippen LogP contribution in [0.4, 0.5) is 0 Å². The van der Waals surface area contributed by atoms with Crippen molar-refractivity contribution in [3.05, 3.63) is 110 Å². The monoisotopic (exact) mass is 534 g/mol. The minimum Gasteiger partial charge on any atom is -0.340 e. The van der Waals surface area contributed by atoms with Gasteiger partial charge in [-0.1, -0.05) is 17.7 Å². The number of tetrazole rings is 1. The SMILES string of the molecule is O=c1ccc2cc(-c3cnc(C4C5CC5c5cc(-c6cc(Cl)ccc6-n6cnnn6)cc(=O)n54)[nH]3)ccc2[nH]1. The first-order valence-corrected chi connectivity index (χ1v) is 12.9. The third kappa shape index (κ3) is 3.48. The van der Waals surface area contributed by atoms with E-state index >= 15 is 0 Å². The molecule has 5 heterocycles.